The minimum atomic E-state index is 0.747. The predicted molar refractivity (Wildman–Crippen MR) is 59.5 cm³/mol. The Balaban J connectivity index is 2.15. The summed E-state index contributed by atoms with van der Waals surface area (Å²) >= 11 is 0. The predicted octanol–water partition coefficient (Wildman–Crippen LogP) is 1.65. The Morgan fingerprint density at radius 3 is 2.64 bits per heavy atom. The van der Waals surface area contributed by atoms with E-state index in [0.29, 0.717) is 0 Å². The van der Waals surface area contributed by atoms with Crippen molar-refractivity contribution >= 4 is 5.69 Å². The van der Waals surface area contributed by atoms with Crippen LogP contribution in [0, 0.1) is 0 Å². The van der Waals surface area contributed by atoms with E-state index in [-0.39, 0.29) is 0 Å². The van der Waals surface area contributed by atoms with Gasteiger partial charge in [0.05, 0.1) is 6.61 Å². The van der Waals surface area contributed by atoms with Crippen LogP contribution in [0.15, 0.2) is 24.3 Å². The van der Waals surface area contributed by atoms with Crippen LogP contribution in [0.1, 0.15) is 13.3 Å². The standard InChI is InChI=1S/C11H18N2O/c1-2-13-8-3-9-14-11-6-4-10(12)5-7-11/h4-7,13H,2-3,8-9,12H2,1H3. The Morgan fingerprint density at radius 1 is 1.29 bits per heavy atom. The summed E-state index contributed by atoms with van der Waals surface area (Å²) in [5.41, 5.74) is 6.32. The lowest BCUT2D eigenvalue weighted by atomic mass is 10.3. The van der Waals surface area contributed by atoms with Crippen molar-refractivity contribution in [3.63, 3.8) is 0 Å². The second-order valence-electron chi connectivity index (χ2n) is 3.12. The third-order valence-electron chi connectivity index (χ3n) is 1.90. The van der Waals surface area contributed by atoms with Crippen molar-refractivity contribution in [1.82, 2.24) is 5.32 Å². The fraction of sp³-hybridized carbons (Fsp3) is 0.455. The van der Waals surface area contributed by atoms with E-state index < -0.39 is 0 Å². The van der Waals surface area contributed by atoms with Gasteiger partial charge in [0, 0.05) is 5.69 Å². The summed E-state index contributed by atoms with van der Waals surface area (Å²) in [6, 6.07) is 7.48. The first-order valence-electron chi connectivity index (χ1n) is 5.02. The molecule has 0 saturated heterocycles. The molecule has 0 aliphatic carbocycles. The number of hydrogen-bond donors (Lipinski definition) is 2. The smallest absolute Gasteiger partial charge is 0.119 e. The zero-order valence-electron chi connectivity index (χ0n) is 8.62. The quantitative estimate of drug-likeness (QED) is 0.534. The van der Waals surface area contributed by atoms with Gasteiger partial charge in [-0.2, -0.15) is 0 Å². The van der Waals surface area contributed by atoms with Crippen molar-refractivity contribution in [2.45, 2.75) is 13.3 Å². The maximum atomic E-state index is 5.56. The fourth-order valence-corrected chi connectivity index (χ4v) is 1.13. The number of anilines is 1. The van der Waals surface area contributed by atoms with Gasteiger partial charge in [0.1, 0.15) is 5.75 Å². The number of ether oxygens (including phenoxy) is 1. The zero-order valence-corrected chi connectivity index (χ0v) is 8.62. The lowest BCUT2D eigenvalue weighted by Crippen LogP contribution is -2.16. The Hall–Kier alpha value is -1.22. The molecule has 3 nitrogen and oxygen atoms in total. The first-order chi connectivity index (χ1) is 6.83. The number of nitrogen functional groups attached to an aromatic ring is 1. The van der Waals surface area contributed by atoms with E-state index in [1.54, 1.807) is 0 Å². The maximum absolute atomic E-state index is 5.56. The highest BCUT2D eigenvalue weighted by molar-refractivity contribution is 5.41. The molecular weight excluding hydrogens is 176 g/mol. The first kappa shape index (κ1) is 10.9. The molecule has 1 aromatic carbocycles. The summed E-state index contributed by atoms with van der Waals surface area (Å²) in [4.78, 5) is 0. The van der Waals surface area contributed by atoms with E-state index >= 15 is 0 Å². The molecule has 0 aliphatic rings. The number of rotatable bonds is 6. The van der Waals surface area contributed by atoms with Gasteiger partial charge in [-0.3, -0.25) is 0 Å². The highest BCUT2D eigenvalue weighted by Gasteiger charge is 1.92. The molecule has 0 aromatic heterocycles. The largest absolute Gasteiger partial charge is 0.494 e. The van der Waals surface area contributed by atoms with Crippen molar-refractivity contribution in [2.75, 3.05) is 25.4 Å². The van der Waals surface area contributed by atoms with Crippen LogP contribution < -0.4 is 15.8 Å². The monoisotopic (exact) mass is 194 g/mol. The van der Waals surface area contributed by atoms with Crippen molar-refractivity contribution in [2.24, 2.45) is 0 Å². The molecule has 0 fully saturated rings. The average molecular weight is 194 g/mol. The number of nitrogens with two attached hydrogens (primary N) is 1. The minimum Gasteiger partial charge on any atom is -0.494 e. The fourth-order valence-electron chi connectivity index (χ4n) is 1.13. The van der Waals surface area contributed by atoms with Gasteiger partial charge in [-0.05, 0) is 43.8 Å². The molecule has 1 aromatic rings. The molecule has 14 heavy (non-hydrogen) atoms. The van der Waals surface area contributed by atoms with Crippen molar-refractivity contribution in [3.8, 4) is 5.75 Å². The molecule has 0 radical (unpaired) electrons. The molecule has 0 spiro atoms. The van der Waals surface area contributed by atoms with Crippen LogP contribution in [-0.2, 0) is 0 Å². The maximum Gasteiger partial charge on any atom is 0.119 e. The molecule has 0 saturated carbocycles. The topological polar surface area (TPSA) is 47.3 Å². The summed E-state index contributed by atoms with van der Waals surface area (Å²) < 4.78 is 5.51. The Bertz CT molecular complexity index is 246. The second-order valence-corrected chi connectivity index (χ2v) is 3.12. The molecule has 0 bridgehead atoms. The van der Waals surface area contributed by atoms with Gasteiger partial charge in [-0.25, -0.2) is 0 Å². The molecule has 1 rings (SSSR count). The summed E-state index contributed by atoms with van der Waals surface area (Å²) in [5.74, 6) is 0.885. The summed E-state index contributed by atoms with van der Waals surface area (Å²) in [7, 11) is 0. The molecule has 78 valence electrons. The third kappa shape index (κ3) is 4.14. The van der Waals surface area contributed by atoms with E-state index in [9.17, 15) is 0 Å². The van der Waals surface area contributed by atoms with Crippen LogP contribution in [0.5, 0.6) is 5.75 Å². The minimum absolute atomic E-state index is 0.747. The molecule has 0 amide bonds. The average Bonchev–Trinajstić information content (AvgIpc) is 2.21. The van der Waals surface area contributed by atoms with Crippen LogP contribution >= 0.6 is 0 Å². The zero-order chi connectivity index (χ0) is 10.2. The lowest BCUT2D eigenvalue weighted by Gasteiger charge is -2.06. The van der Waals surface area contributed by atoms with E-state index in [1.807, 2.05) is 24.3 Å². The van der Waals surface area contributed by atoms with Gasteiger partial charge < -0.3 is 15.8 Å². The molecular formula is C11H18N2O. The van der Waals surface area contributed by atoms with E-state index in [0.717, 1.165) is 37.6 Å². The van der Waals surface area contributed by atoms with Gasteiger partial charge in [0.25, 0.3) is 0 Å². The number of hydrogen-bond acceptors (Lipinski definition) is 3. The van der Waals surface area contributed by atoms with Gasteiger partial charge in [0.15, 0.2) is 0 Å². The van der Waals surface area contributed by atoms with Crippen LogP contribution in [0.2, 0.25) is 0 Å². The lowest BCUT2D eigenvalue weighted by molar-refractivity contribution is 0.309. The van der Waals surface area contributed by atoms with Gasteiger partial charge in [0.2, 0.25) is 0 Å². The van der Waals surface area contributed by atoms with Crippen LogP contribution in [0.4, 0.5) is 5.69 Å². The van der Waals surface area contributed by atoms with Crippen LogP contribution in [0.25, 0.3) is 0 Å². The summed E-state index contributed by atoms with van der Waals surface area (Å²) in [5, 5.41) is 3.24. The Labute approximate surface area is 85.3 Å². The first-order valence-corrected chi connectivity index (χ1v) is 5.02. The van der Waals surface area contributed by atoms with E-state index in [2.05, 4.69) is 12.2 Å². The molecule has 0 heterocycles. The van der Waals surface area contributed by atoms with Crippen LogP contribution in [-0.4, -0.2) is 19.7 Å². The van der Waals surface area contributed by atoms with E-state index in [1.165, 1.54) is 0 Å². The highest BCUT2D eigenvalue weighted by atomic mass is 16.5. The third-order valence-corrected chi connectivity index (χ3v) is 1.90. The summed E-state index contributed by atoms with van der Waals surface area (Å²) in [6.45, 7) is 4.87. The Morgan fingerprint density at radius 2 is 2.00 bits per heavy atom. The van der Waals surface area contributed by atoms with Gasteiger partial charge in [-0.15, -0.1) is 0 Å². The molecule has 3 N–H and O–H groups in total. The van der Waals surface area contributed by atoms with Crippen molar-refractivity contribution in [3.05, 3.63) is 24.3 Å². The second kappa shape index (κ2) is 6.27. The SMILES string of the molecule is CCNCCCOc1ccc(N)cc1. The highest BCUT2D eigenvalue weighted by Crippen LogP contribution is 2.12. The van der Waals surface area contributed by atoms with Crippen molar-refractivity contribution < 1.29 is 4.74 Å². The number of nitrogens with one attached hydrogen (secondary N) is 1. The van der Waals surface area contributed by atoms with Crippen LogP contribution in [0.3, 0.4) is 0 Å². The molecule has 0 aliphatic heterocycles. The summed E-state index contributed by atoms with van der Waals surface area (Å²) in [6.07, 6.45) is 1.03. The molecule has 3 heteroatoms. The van der Waals surface area contributed by atoms with Gasteiger partial charge in [-0.1, -0.05) is 6.92 Å². The van der Waals surface area contributed by atoms with Gasteiger partial charge >= 0.3 is 0 Å². The number of benzene rings is 1. The normalized spacial score (nSPS) is 10.1. The molecule has 0 atom stereocenters. The van der Waals surface area contributed by atoms with Crippen molar-refractivity contribution in [1.29, 1.82) is 0 Å². The van der Waals surface area contributed by atoms with E-state index in [4.69, 9.17) is 10.5 Å². The molecule has 0 unspecified atom stereocenters. The Kier molecular flexibility index (Phi) is 4.86.